The van der Waals surface area contributed by atoms with Gasteiger partial charge in [0.25, 0.3) is 0 Å². The van der Waals surface area contributed by atoms with Crippen LogP contribution in [-0.2, 0) is 6.42 Å². The Morgan fingerprint density at radius 2 is 2.21 bits per heavy atom. The average molecular weight is 191 g/mol. The number of hydrogen-bond donors (Lipinski definition) is 2. The second-order valence-electron chi connectivity index (χ2n) is 4.17. The van der Waals surface area contributed by atoms with Gasteiger partial charge in [0, 0.05) is 12.6 Å². The molecule has 0 amide bonds. The van der Waals surface area contributed by atoms with Gasteiger partial charge in [-0.2, -0.15) is 0 Å². The summed E-state index contributed by atoms with van der Waals surface area (Å²) in [6, 6.07) is 6.62. The van der Waals surface area contributed by atoms with Crippen LogP contribution in [0.2, 0.25) is 0 Å². The molecule has 2 atom stereocenters. The molecule has 0 saturated carbocycles. The van der Waals surface area contributed by atoms with Crippen LogP contribution in [0.25, 0.3) is 0 Å². The number of benzene rings is 1. The standard InChI is InChI=1S/C12H17NO/c1-8-4-3-5-10-11(8)6-9(2)13-7-12(10)14/h3-5,9,12-14H,6-7H2,1-2H3. The number of fused-ring (bicyclic) bond motifs is 1. The zero-order chi connectivity index (χ0) is 10.1. The summed E-state index contributed by atoms with van der Waals surface area (Å²) < 4.78 is 0. The van der Waals surface area contributed by atoms with E-state index >= 15 is 0 Å². The molecule has 2 N–H and O–H groups in total. The maximum absolute atomic E-state index is 9.92. The van der Waals surface area contributed by atoms with E-state index in [4.69, 9.17) is 0 Å². The van der Waals surface area contributed by atoms with Crippen molar-refractivity contribution in [3.63, 3.8) is 0 Å². The summed E-state index contributed by atoms with van der Waals surface area (Å²) >= 11 is 0. The van der Waals surface area contributed by atoms with Gasteiger partial charge in [0.2, 0.25) is 0 Å². The number of aryl methyl sites for hydroxylation is 1. The smallest absolute Gasteiger partial charge is 0.0917 e. The van der Waals surface area contributed by atoms with Crippen LogP contribution < -0.4 is 5.32 Å². The molecule has 1 heterocycles. The van der Waals surface area contributed by atoms with Crippen LogP contribution in [0.4, 0.5) is 0 Å². The first-order valence-electron chi connectivity index (χ1n) is 5.18. The summed E-state index contributed by atoms with van der Waals surface area (Å²) in [6.07, 6.45) is 0.661. The van der Waals surface area contributed by atoms with Crippen LogP contribution in [0.3, 0.4) is 0 Å². The highest BCUT2D eigenvalue weighted by atomic mass is 16.3. The highest BCUT2D eigenvalue weighted by Gasteiger charge is 2.20. The summed E-state index contributed by atoms with van der Waals surface area (Å²) in [4.78, 5) is 0. The third kappa shape index (κ3) is 1.68. The van der Waals surface area contributed by atoms with Crippen LogP contribution in [0, 0.1) is 6.92 Å². The van der Waals surface area contributed by atoms with E-state index < -0.39 is 0 Å². The van der Waals surface area contributed by atoms with Crippen molar-refractivity contribution in [3.8, 4) is 0 Å². The molecule has 1 aliphatic rings. The first-order valence-corrected chi connectivity index (χ1v) is 5.18. The maximum Gasteiger partial charge on any atom is 0.0917 e. The predicted octanol–water partition coefficient (Wildman–Crippen LogP) is 1.56. The van der Waals surface area contributed by atoms with Crippen molar-refractivity contribution in [2.75, 3.05) is 6.54 Å². The number of nitrogens with one attached hydrogen (secondary N) is 1. The largest absolute Gasteiger partial charge is 0.387 e. The van der Waals surface area contributed by atoms with Gasteiger partial charge in [-0.3, -0.25) is 0 Å². The molecule has 1 aliphatic heterocycles. The topological polar surface area (TPSA) is 32.3 Å². The van der Waals surface area contributed by atoms with Gasteiger partial charge in [-0.05, 0) is 37.0 Å². The molecule has 76 valence electrons. The van der Waals surface area contributed by atoms with Gasteiger partial charge in [-0.1, -0.05) is 18.2 Å². The van der Waals surface area contributed by atoms with E-state index in [9.17, 15) is 5.11 Å². The Labute approximate surface area is 85.0 Å². The molecule has 2 unspecified atom stereocenters. The van der Waals surface area contributed by atoms with E-state index in [0.717, 1.165) is 12.0 Å². The minimum Gasteiger partial charge on any atom is -0.387 e. The third-order valence-electron chi connectivity index (χ3n) is 2.98. The van der Waals surface area contributed by atoms with E-state index in [0.29, 0.717) is 12.6 Å². The number of β-amino-alcohol motifs (C(OH)–C–C–N with tert-alkyl or cyclic N) is 1. The Bertz CT molecular complexity index is 335. The average Bonchev–Trinajstić information content (AvgIpc) is 2.30. The molecule has 0 bridgehead atoms. The van der Waals surface area contributed by atoms with Crippen LogP contribution in [0.15, 0.2) is 18.2 Å². The van der Waals surface area contributed by atoms with E-state index in [1.807, 2.05) is 12.1 Å². The van der Waals surface area contributed by atoms with Crippen molar-refractivity contribution in [2.24, 2.45) is 0 Å². The molecule has 0 spiro atoms. The summed E-state index contributed by atoms with van der Waals surface area (Å²) in [5.74, 6) is 0. The second kappa shape index (κ2) is 3.71. The summed E-state index contributed by atoms with van der Waals surface area (Å²) in [5, 5.41) is 13.2. The van der Waals surface area contributed by atoms with Crippen molar-refractivity contribution in [1.29, 1.82) is 0 Å². The van der Waals surface area contributed by atoms with Crippen molar-refractivity contribution >= 4 is 0 Å². The third-order valence-corrected chi connectivity index (χ3v) is 2.98. The van der Waals surface area contributed by atoms with E-state index in [1.165, 1.54) is 11.1 Å². The fraction of sp³-hybridized carbons (Fsp3) is 0.500. The van der Waals surface area contributed by atoms with Gasteiger partial charge in [-0.15, -0.1) is 0 Å². The number of aliphatic hydroxyl groups is 1. The van der Waals surface area contributed by atoms with Crippen LogP contribution in [-0.4, -0.2) is 17.7 Å². The summed E-state index contributed by atoms with van der Waals surface area (Å²) in [7, 11) is 0. The quantitative estimate of drug-likeness (QED) is 0.652. The van der Waals surface area contributed by atoms with E-state index in [1.54, 1.807) is 0 Å². The number of hydrogen-bond acceptors (Lipinski definition) is 2. The normalized spacial score (nSPS) is 26.8. The van der Waals surface area contributed by atoms with Crippen molar-refractivity contribution in [2.45, 2.75) is 32.4 Å². The highest BCUT2D eigenvalue weighted by molar-refractivity contribution is 5.37. The number of aliphatic hydroxyl groups excluding tert-OH is 1. The molecule has 2 rings (SSSR count). The van der Waals surface area contributed by atoms with Gasteiger partial charge < -0.3 is 10.4 Å². The fourth-order valence-corrected chi connectivity index (χ4v) is 2.12. The summed E-state index contributed by atoms with van der Waals surface area (Å²) in [5.41, 5.74) is 3.71. The van der Waals surface area contributed by atoms with E-state index in [2.05, 4.69) is 25.2 Å². The van der Waals surface area contributed by atoms with Crippen molar-refractivity contribution in [1.82, 2.24) is 5.32 Å². The molecular formula is C12H17NO. The molecule has 0 saturated heterocycles. The highest BCUT2D eigenvalue weighted by Crippen LogP contribution is 2.24. The summed E-state index contributed by atoms with van der Waals surface area (Å²) in [6.45, 7) is 4.94. The maximum atomic E-state index is 9.92. The van der Waals surface area contributed by atoms with Crippen LogP contribution in [0.1, 0.15) is 29.7 Å². The second-order valence-corrected chi connectivity index (χ2v) is 4.17. The molecule has 0 aromatic heterocycles. The fourth-order valence-electron chi connectivity index (χ4n) is 2.12. The SMILES string of the molecule is Cc1cccc2c1CC(C)NCC2O. The molecule has 0 fully saturated rings. The van der Waals surface area contributed by atoms with Gasteiger partial charge >= 0.3 is 0 Å². The predicted molar refractivity (Wildman–Crippen MR) is 57.3 cm³/mol. The van der Waals surface area contributed by atoms with Crippen molar-refractivity contribution < 1.29 is 5.11 Å². The Kier molecular flexibility index (Phi) is 2.57. The first kappa shape index (κ1) is 9.69. The lowest BCUT2D eigenvalue weighted by Crippen LogP contribution is -2.28. The van der Waals surface area contributed by atoms with Gasteiger partial charge in [-0.25, -0.2) is 0 Å². The molecule has 0 aliphatic carbocycles. The van der Waals surface area contributed by atoms with Gasteiger partial charge in [0.15, 0.2) is 0 Å². The zero-order valence-electron chi connectivity index (χ0n) is 8.75. The molecule has 14 heavy (non-hydrogen) atoms. The molecule has 1 aromatic rings. The molecular weight excluding hydrogens is 174 g/mol. The molecule has 2 nitrogen and oxygen atoms in total. The Morgan fingerprint density at radius 3 is 3.00 bits per heavy atom. The number of rotatable bonds is 0. The minimum absolute atomic E-state index is 0.352. The lowest BCUT2D eigenvalue weighted by molar-refractivity contribution is 0.175. The lowest BCUT2D eigenvalue weighted by Gasteiger charge is -2.12. The molecule has 0 radical (unpaired) electrons. The monoisotopic (exact) mass is 191 g/mol. The molecule has 1 aromatic carbocycles. The van der Waals surface area contributed by atoms with Gasteiger partial charge in [0.05, 0.1) is 6.10 Å². The van der Waals surface area contributed by atoms with Crippen molar-refractivity contribution in [3.05, 3.63) is 34.9 Å². The first-order chi connectivity index (χ1) is 6.68. The minimum atomic E-state index is -0.352. The molecule has 2 heteroatoms. The van der Waals surface area contributed by atoms with Gasteiger partial charge in [0.1, 0.15) is 0 Å². The zero-order valence-corrected chi connectivity index (χ0v) is 8.75. The Hall–Kier alpha value is -0.860. The Morgan fingerprint density at radius 1 is 1.43 bits per heavy atom. The lowest BCUT2D eigenvalue weighted by atomic mass is 9.95. The van der Waals surface area contributed by atoms with E-state index in [-0.39, 0.29) is 6.10 Å². The Balaban J connectivity index is 2.46. The van der Waals surface area contributed by atoms with Crippen LogP contribution >= 0.6 is 0 Å². The van der Waals surface area contributed by atoms with Crippen LogP contribution in [0.5, 0.6) is 0 Å².